The molecular weight excluding hydrogens is 286 g/mol. The summed E-state index contributed by atoms with van der Waals surface area (Å²) in [5, 5.41) is 15.1. The van der Waals surface area contributed by atoms with Crippen molar-refractivity contribution in [3.8, 4) is 5.69 Å². The molecule has 23 heavy (non-hydrogen) atoms. The summed E-state index contributed by atoms with van der Waals surface area (Å²) in [6.45, 7) is 2.99. The van der Waals surface area contributed by atoms with Gasteiger partial charge in [0, 0.05) is 37.9 Å². The van der Waals surface area contributed by atoms with E-state index in [2.05, 4.69) is 34.3 Å². The molecule has 2 unspecified atom stereocenters. The van der Waals surface area contributed by atoms with Crippen LogP contribution < -0.4 is 0 Å². The van der Waals surface area contributed by atoms with Gasteiger partial charge in [0.25, 0.3) is 0 Å². The first kappa shape index (κ1) is 14.9. The van der Waals surface area contributed by atoms with Crippen molar-refractivity contribution in [1.82, 2.24) is 14.7 Å². The Bertz CT molecular complexity index is 654. The second kappa shape index (κ2) is 6.10. The number of hydrogen-bond acceptors (Lipinski definition) is 3. The van der Waals surface area contributed by atoms with Gasteiger partial charge in [0.1, 0.15) is 0 Å². The standard InChI is InChI=1S/C19H25N3O/c23-19-8-2-1-6-17(19)15-21(12-9-19)14-16-5-3-7-18(13-16)22-11-4-10-20-22/h3-5,7,10-11,13,17,23H,1-2,6,8-9,12,14-15H2. The molecule has 2 atom stereocenters. The molecule has 2 heterocycles. The number of piperidine rings is 1. The molecule has 2 fully saturated rings. The van der Waals surface area contributed by atoms with Crippen LogP contribution in [0.2, 0.25) is 0 Å². The van der Waals surface area contributed by atoms with Crippen LogP contribution in [-0.4, -0.2) is 38.5 Å². The van der Waals surface area contributed by atoms with Crippen molar-refractivity contribution in [2.75, 3.05) is 13.1 Å². The summed E-state index contributed by atoms with van der Waals surface area (Å²) in [5.74, 6) is 0.458. The van der Waals surface area contributed by atoms with Crippen LogP contribution in [0.3, 0.4) is 0 Å². The molecule has 0 spiro atoms. The second-order valence-corrected chi connectivity index (χ2v) is 7.15. The van der Waals surface area contributed by atoms with E-state index in [1.807, 2.05) is 16.9 Å². The number of benzene rings is 1. The van der Waals surface area contributed by atoms with Gasteiger partial charge in [0.05, 0.1) is 11.3 Å². The van der Waals surface area contributed by atoms with Crippen molar-refractivity contribution < 1.29 is 5.11 Å². The van der Waals surface area contributed by atoms with Crippen LogP contribution in [0.25, 0.3) is 5.69 Å². The van der Waals surface area contributed by atoms with Gasteiger partial charge < -0.3 is 5.11 Å². The lowest BCUT2D eigenvalue weighted by Crippen LogP contribution is -2.52. The highest BCUT2D eigenvalue weighted by molar-refractivity contribution is 5.35. The molecule has 0 radical (unpaired) electrons. The van der Waals surface area contributed by atoms with Crippen molar-refractivity contribution in [2.24, 2.45) is 5.92 Å². The summed E-state index contributed by atoms with van der Waals surface area (Å²) in [5.41, 5.74) is 2.05. The zero-order chi connectivity index (χ0) is 15.7. The topological polar surface area (TPSA) is 41.3 Å². The lowest BCUT2D eigenvalue weighted by atomic mass is 9.71. The van der Waals surface area contributed by atoms with Crippen LogP contribution in [0, 0.1) is 5.92 Å². The molecule has 4 heteroatoms. The van der Waals surface area contributed by atoms with E-state index in [-0.39, 0.29) is 5.60 Å². The van der Waals surface area contributed by atoms with E-state index < -0.39 is 0 Å². The lowest BCUT2D eigenvalue weighted by molar-refractivity contribution is -0.0967. The smallest absolute Gasteiger partial charge is 0.0700 e. The first-order valence-corrected chi connectivity index (χ1v) is 8.77. The molecule has 1 saturated heterocycles. The minimum absolute atomic E-state index is 0.383. The number of hydrogen-bond donors (Lipinski definition) is 1. The number of fused-ring (bicyclic) bond motifs is 1. The van der Waals surface area contributed by atoms with E-state index in [9.17, 15) is 5.11 Å². The summed E-state index contributed by atoms with van der Waals surface area (Å²) in [7, 11) is 0. The first-order chi connectivity index (χ1) is 11.2. The summed E-state index contributed by atoms with van der Waals surface area (Å²) in [6, 6.07) is 10.5. The molecule has 122 valence electrons. The molecule has 4 nitrogen and oxygen atoms in total. The molecule has 1 aromatic carbocycles. The zero-order valence-electron chi connectivity index (χ0n) is 13.6. The monoisotopic (exact) mass is 311 g/mol. The molecule has 1 aliphatic carbocycles. The third-order valence-corrected chi connectivity index (χ3v) is 5.60. The summed E-state index contributed by atoms with van der Waals surface area (Å²) >= 11 is 0. The normalized spacial score (nSPS) is 28.5. The number of likely N-dealkylation sites (tertiary alicyclic amines) is 1. The van der Waals surface area contributed by atoms with Crippen LogP contribution in [0.5, 0.6) is 0 Å². The summed E-state index contributed by atoms with van der Waals surface area (Å²) in [6.07, 6.45) is 9.36. The van der Waals surface area contributed by atoms with Gasteiger partial charge in [-0.05, 0) is 43.0 Å². The molecular formula is C19H25N3O. The Morgan fingerprint density at radius 2 is 2.17 bits per heavy atom. The van der Waals surface area contributed by atoms with Gasteiger partial charge in [0.15, 0.2) is 0 Å². The number of rotatable bonds is 3. The van der Waals surface area contributed by atoms with E-state index in [0.29, 0.717) is 5.92 Å². The van der Waals surface area contributed by atoms with Crippen molar-refractivity contribution in [3.63, 3.8) is 0 Å². The van der Waals surface area contributed by atoms with Gasteiger partial charge in [-0.1, -0.05) is 25.0 Å². The third kappa shape index (κ3) is 3.06. The van der Waals surface area contributed by atoms with Gasteiger partial charge >= 0.3 is 0 Å². The Labute approximate surface area is 137 Å². The maximum atomic E-state index is 10.8. The van der Waals surface area contributed by atoms with Crippen molar-refractivity contribution >= 4 is 0 Å². The molecule has 0 amide bonds. The average Bonchev–Trinajstić information content (AvgIpc) is 3.10. The zero-order valence-corrected chi connectivity index (χ0v) is 13.6. The Hall–Kier alpha value is -1.65. The maximum absolute atomic E-state index is 10.8. The maximum Gasteiger partial charge on any atom is 0.0700 e. The van der Waals surface area contributed by atoms with Gasteiger partial charge in [-0.25, -0.2) is 4.68 Å². The Morgan fingerprint density at radius 1 is 1.22 bits per heavy atom. The molecule has 1 aliphatic heterocycles. The molecule has 2 aliphatic rings. The Kier molecular flexibility index (Phi) is 3.95. The molecule has 4 rings (SSSR count). The predicted octanol–water partition coefficient (Wildman–Crippen LogP) is 3.00. The number of nitrogens with zero attached hydrogens (tertiary/aromatic N) is 3. The van der Waals surface area contributed by atoms with Crippen molar-refractivity contribution in [1.29, 1.82) is 0 Å². The highest BCUT2D eigenvalue weighted by Gasteiger charge is 2.42. The van der Waals surface area contributed by atoms with Crippen LogP contribution >= 0.6 is 0 Å². The van der Waals surface area contributed by atoms with Crippen LogP contribution in [-0.2, 0) is 6.54 Å². The number of aliphatic hydroxyl groups is 1. The van der Waals surface area contributed by atoms with Crippen LogP contribution in [0.1, 0.15) is 37.7 Å². The van der Waals surface area contributed by atoms with Gasteiger partial charge in [0.2, 0.25) is 0 Å². The van der Waals surface area contributed by atoms with Gasteiger partial charge in [-0.15, -0.1) is 0 Å². The minimum atomic E-state index is -0.383. The highest BCUT2D eigenvalue weighted by Crippen LogP contribution is 2.40. The third-order valence-electron chi connectivity index (χ3n) is 5.60. The minimum Gasteiger partial charge on any atom is -0.390 e. The van der Waals surface area contributed by atoms with Gasteiger partial charge in [-0.3, -0.25) is 4.90 Å². The Morgan fingerprint density at radius 3 is 3.04 bits per heavy atom. The van der Waals surface area contributed by atoms with E-state index in [4.69, 9.17) is 0 Å². The fourth-order valence-corrected chi connectivity index (χ4v) is 4.26. The van der Waals surface area contributed by atoms with Crippen molar-refractivity contribution in [3.05, 3.63) is 48.3 Å². The Balaban J connectivity index is 1.46. The van der Waals surface area contributed by atoms with Crippen molar-refractivity contribution in [2.45, 2.75) is 44.2 Å². The van der Waals surface area contributed by atoms with Crippen LogP contribution in [0.15, 0.2) is 42.7 Å². The summed E-state index contributed by atoms with van der Waals surface area (Å²) in [4.78, 5) is 2.51. The molecule has 1 aromatic heterocycles. The molecule has 2 aromatic rings. The average molecular weight is 311 g/mol. The fourth-order valence-electron chi connectivity index (χ4n) is 4.26. The highest BCUT2D eigenvalue weighted by atomic mass is 16.3. The summed E-state index contributed by atoms with van der Waals surface area (Å²) < 4.78 is 1.90. The quantitative estimate of drug-likeness (QED) is 0.947. The van der Waals surface area contributed by atoms with E-state index in [1.165, 1.54) is 24.8 Å². The second-order valence-electron chi connectivity index (χ2n) is 7.15. The fraction of sp³-hybridized carbons (Fsp3) is 0.526. The van der Waals surface area contributed by atoms with Gasteiger partial charge in [-0.2, -0.15) is 5.10 Å². The lowest BCUT2D eigenvalue weighted by Gasteiger charge is -2.47. The molecule has 0 bridgehead atoms. The van der Waals surface area contributed by atoms with E-state index >= 15 is 0 Å². The largest absolute Gasteiger partial charge is 0.390 e. The van der Waals surface area contributed by atoms with E-state index in [0.717, 1.165) is 38.2 Å². The molecule has 1 N–H and O–H groups in total. The molecule has 1 saturated carbocycles. The SMILES string of the molecule is OC12CCCCC1CN(Cc1cccc(-n3cccn3)c1)CC2. The number of aromatic nitrogens is 2. The predicted molar refractivity (Wildman–Crippen MR) is 90.4 cm³/mol. The van der Waals surface area contributed by atoms with E-state index in [1.54, 1.807) is 6.20 Å². The van der Waals surface area contributed by atoms with Crippen LogP contribution in [0.4, 0.5) is 0 Å². The first-order valence-electron chi connectivity index (χ1n) is 8.77.